The molecular formula is C25H26F3N7O. The van der Waals surface area contributed by atoms with E-state index in [0.29, 0.717) is 43.0 Å². The number of benzene rings is 2. The van der Waals surface area contributed by atoms with Crippen molar-refractivity contribution < 1.29 is 18.0 Å². The summed E-state index contributed by atoms with van der Waals surface area (Å²) in [6.07, 6.45) is 0.0327. The first-order chi connectivity index (χ1) is 17.3. The quantitative estimate of drug-likeness (QED) is 0.455. The maximum absolute atomic E-state index is 12.7. The molecule has 0 saturated carbocycles. The van der Waals surface area contributed by atoms with Gasteiger partial charge in [0.05, 0.1) is 11.3 Å². The number of aliphatic imine (C=N–C) groups is 1. The molecular weight excluding hydrogens is 471 g/mol. The first kappa shape index (κ1) is 25.0. The van der Waals surface area contributed by atoms with Gasteiger partial charge in [-0.15, -0.1) is 10.2 Å². The molecule has 0 spiro atoms. The van der Waals surface area contributed by atoms with E-state index in [4.69, 9.17) is 5.73 Å². The van der Waals surface area contributed by atoms with Gasteiger partial charge in [0, 0.05) is 42.6 Å². The fourth-order valence-electron chi connectivity index (χ4n) is 4.19. The molecule has 1 aliphatic heterocycles. The molecule has 2 heterocycles. The number of aromatic nitrogens is 2. The SMILES string of the molecule is CN=C(C=CN)c1nnc(N2CCC(NC(=O)Nc3ccc(C(F)(F)F)cc3)CC2)c2ccccc12. The predicted octanol–water partition coefficient (Wildman–Crippen LogP) is 4.33. The van der Waals surface area contributed by atoms with Crippen LogP contribution in [0.5, 0.6) is 0 Å². The number of hydrogen-bond acceptors (Lipinski definition) is 6. The molecule has 36 heavy (non-hydrogen) atoms. The number of fused-ring (bicyclic) bond motifs is 1. The number of allylic oxidation sites excluding steroid dienone is 1. The van der Waals surface area contributed by atoms with Crippen molar-refractivity contribution in [1.29, 1.82) is 0 Å². The molecule has 11 heteroatoms. The maximum atomic E-state index is 12.7. The van der Waals surface area contributed by atoms with Crippen LogP contribution in [-0.4, -0.2) is 48.1 Å². The van der Waals surface area contributed by atoms with Crippen LogP contribution < -0.4 is 21.3 Å². The van der Waals surface area contributed by atoms with Crippen molar-refractivity contribution in [2.24, 2.45) is 10.7 Å². The largest absolute Gasteiger partial charge is 0.416 e. The van der Waals surface area contributed by atoms with Crippen LogP contribution in [0.25, 0.3) is 10.8 Å². The molecule has 4 rings (SSSR count). The summed E-state index contributed by atoms with van der Waals surface area (Å²) in [5.74, 6) is 0.759. The zero-order valence-corrected chi connectivity index (χ0v) is 19.6. The van der Waals surface area contributed by atoms with E-state index in [0.717, 1.165) is 28.7 Å². The summed E-state index contributed by atoms with van der Waals surface area (Å²) in [4.78, 5) is 18.8. The lowest BCUT2D eigenvalue weighted by Crippen LogP contribution is -2.46. The molecule has 0 aliphatic carbocycles. The lowest BCUT2D eigenvalue weighted by Gasteiger charge is -2.33. The number of rotatable bonds is 5. The Hall–Kier alpha value is -4.15. The van der Waals surface area contributed by atoms with E-state index in [-0.39, 0.29) is 6.04 Å². The second kappa shape index (κ2) is 10.6. The van der Waals surface area contributed by atoms with E-state index in [1.54, 1.807) is 13.1 Å². The van der Waals surface area contributed by atoms with Crippen molar-refractivity contribution in [3.63, 3.8) is 0 Å². The van der Waals surface area contributed by atoms with Gasteiger partial charge < -0.3 is 21.3 Å². The molecule has 4 N–H and O–H groups in total. The van der Waals surface area contributed by atoms with Gasteiger partial charge in [-0.25, -0.2) is 4.79 Å². The van der Waals surface area contributed by atoms with Gasteiger partial charge >= 0.3 is 12.2 Å². The fourth-order valence-corrected chi connectivity index (χ4v) is 4.19. The fraction of sp³-hybridized carbons (Fsp3) is 0.280. The van der Waals surface area contributed by atoms with Gasteiger partial charge in [0.2, 0.25) is 0 Å². The van der Waals surface area contributed by atoms with Gasteiger partial charge in [-0.2, -0.15) is 13.2 Å². The van der Waals surface area contributed by atoms with E-state index in [9.17, 15) is 18.0 Å². The van der Waals surface area contributed by atoms with Crippen LogP contribution in [0.3, 0.4) is 0 Å². The molecule has 0 bridgehead atoms. The van der Waals surface area contributed by atoms with E-state index in [1.165, 1.54) is 18.3 Å². The Bertz CT molecular complexity index is 1280. The highest BCUT2D eigenvalue weighted by molar-refractivity contribution is 6.15. The van der Waals surface area contributed by atoms with Crippen LogP contribution in [0.15, 0.2) is 65.8 Å². The molecule has 3 aromatic rings. The standard InChI is InChI=1S/C25H26F3N7O/c1-30-21(10-13-29)22-19-4-2-3-5-20(19)23(34-33-22)35-14-11-18(12-15-35)32-24(36)31-17-8-6-16(7-9-17)25(26,27)28/h2-10,13,18H,11-12,14-15,29H2,1H3,(H2,31,32,36). The Labute approximate surface area is 206 Å². The zero-order valence-electron chi connectivity index (χ0n) is 19.6. The third-order valence-electron chi connectivity index (χ3n) is 6.01. The highest BCUT2D eigenvalue weighted by Gasteiger charge is 2.30. The number of carbonyl (C=O) groups is 1. The van der Waals surface area contributed by atoms with Crippen LogP contribution in [0.1, 0.15) is 24.1 Å². The summed E-state index contributed by atoms with van der Waals surface area (Å²) in [6, 6.07) is 11.6. The first-order valence-electron chi connectivity index (χ1n) is 11.4. The summed E-state index contributed by atoms with van der Waals surface area (Å²) in [7, 11) is 1.67. The summed E-state index contributed by atoms with van der Waals surface area (Å²) in [5, 5.41) is 16.3. The number of nitrogens with two attached hydrogens (primary N) is 1. The summed E-state index contributed by atoms with van der Waals surface area (Å²) in [6.45, 7) is 1.31. The number of nitrogens with zero attached hydrogens (tertiary/aromatic N) is 4. The summed E-state index contributed by atoms with van der Waals surface area (Å²) < 4.78 is 38.1. The van der Waals surface area contributed by atoms with Crippen molar-refractivity contribution in [3.8, 4) is 0 Å². The number of urea groups is 1. The van der Waals surface area contributed by atoms with E-state index in [2.05, 4.69) is 30.7 Å². The van der Waals surface area contributed by atoms with E-state index >= 15 is 0 Å². The number of anilines is 2. The van der Waals surface area contributed by atoms with Crippen LogP contribution in [0.4, 0.5) is 29.5 Å². The van der Waals surface area contributed by atoms with Crippen molar-refractivity contribution in [2.45, 2.75) is 25.1 Å². The predicted molar refractivity (Wildman–Crippen MR) is 134 cm³/mol. The summed E-state index contributed by atoms with van der Waals surface area (Å²) in [5.41, 5.74) is 6.36. The van der Waals surface area contributed by atoms with E-state index < -0.39 is 17.8 Å². The number of alkyl halides is 3. The average Bonchev–Trinajstić information content (AvgIpc) is 2.87. The molecule has 2 amide bonds. The normalized spacial score (nSPS) is 15.4. The second-order valence-electron chi connectivity index (χ2n) is 8.32. The number of piperidine rings is 1. The minimum Gasteiger partial charge on any atom is -0.405 e. The Morgan fingerprint density at radius 1 is 1.08 bits per heavy atom. The van der Waals surface area contributed by atoms with Crippen molar-refractivity contribution in [3.05, 3.63) is 72.1 Å². The third-order valence-corrected chi connectivity index (χ3v) is 6.01. The van der Waals surface area contributed by atoms with Crippen LogP contribution in [0.2, 0.25) is 0 Å². The molecule has 1 aliphatic rings. The minimum absolute atomic E-state index is 0.0808. The number of hydrogen-bond donors (Lipinski definition) is 3. The highest BCUT2D eigenvalue weighted by Crippen LogP contribution is 2.30. The van der Waals surface area contributed by atoms with Gasteiger partial charge in [-0.3, -0.25) is 4.99 Å². The molecule has 8 nitrogen and oxygen atoms in total. The highest BCUT2D eigenvalue weighted by atomic mass is 19.4. The first-order valence-corrected chi connectivity index (χ1v) is 11.4. The average molecular weight is 498 g/mol. The maximum Gasteiger partial charge on any atom is 0.416 e. The molecule has 188 valence electrons. The molecule has 1 saturated heterocycles. The van der Waals surface area contributed by atoms with Crippen molar-refractivity contribution in [2.75, 3.05) is 30.4 Å². The third kappa shape index (κ3) is 5.56. The molecule has 1 fully saturated rings. The Balaban J connectivity index is 1.40. The van der Waals surface area contributed by atoms with Crippen molar-refractivity contribution >= 4 is 34.0 Å². The van der Waals surface area contributed by atoms with Gasteiger partial charge in [0.25, 0.3) is 0 Å². The van der Waals surface area contributed by atoms with Crippen LogP contribution in [-0.2, 0) is 6.18 Å². The van der Waals surface area contributed by atoms with Crippen molar-refractivity contribution in [1.82, 2.24) is 15.5 Å². The zero-order chi connectivity index (χ0) is 25.7. The topological polar surface area (TPSA) is 109 Å². The Morgan fingerprint density at radius 2 is 1.75 bits per heavy atom. The molecule has 2 aromatic carbocycles. The Kier molecular flexibility index (Phi) is 7.37. The van der Waals surface area contributed by atoms with Gasteiger partial charge in [0.1, 0.15) is 5.69 Å². The molecule has 1 aromatic heterocycles. The van der Waals surface area contributed by atoms with Gasteiger partial charge in [-0.1, -0.05) is 24.3 Å². The Morgan fingerprint density at radius 3 is 2.36 bits per heavy atom. The minimum atomic E-state index is -4.42. The molecule has 0 unspecified atom stereocenters. The van der Waals surface area contributed by atoms with Gasteiger partial charge in [-0.05, 0) is 49.4 Å². The number of halogens is 3. The lowest BCUT2D eigenvalue weighted by molar-refractivity contribution is -0.137. The number of amides is 2. The monoisotopic (exact) mass is 497 g/mol. The number of nitrogens with one attached hydrogen (secondary N) is 2. The smallest absolute Gasteiger partial charge is 0.405 e. The van der Waals surface area contributed by atoms with Gasteiger partial charge in [0.15, 0.2) is 5.82 Å². The van der Waals surface area contributed by atoms with Crippen LogP contribution in [0, 0.1) is 0 Å². The molecule has 0 atom stereocenters. The summed E-state index contributed by atoms with van der Waals surface area (Å²) >= 11 is 0. The van der Waals surface area contributed by atoms with E-state index in [1.807, 2.05) is 24.3 Å². The molecule has 0 radical (unpaired) electrons. The lowest BCUT2D eigenvalue weighted by atomic mass is 10.0. The second-order valence-corrected chi connectivity index (χ2v) is 8.32. The number of carbonyl (C=O) groups excluding carboxylic acids is 1. The van der Waals surface area contributed by atoms with Crippen LogP contribution >= 0.6 is 0 Å².